The minimum atomic E-state index is -0.398. The highest BCUT2D eigenvalue weighted by Crippen LogP contribution is 2.27. The Labute approximate surface area is 194 Å². The summed E-state index contributed by atoms with van der Waals surface area (Å²) in [6.07, 6.45) is 2.85. The summed E-state index contributed by atoms with van der Waals surface area (Å²) in [5.74, 6) is 1.19. The number of nitrogens with zero attached hydrogens (tertiary/aromatic N) is 4. The molecular formula is C26H17N5O3. The fourth-order valence-corrected chi connectivity index (χ4v) is 3.43. The van der Waals surface area contributed by atoms with Crippen LogP contribution in [0.1, 0.15) is 21.5 Å². The quantitative estimate of drug-likeness (QED) is 0.349. The van der Waals surface area contributed by atoms with Gasteiger partial charge >= 0.3 is 0 Å². The van der Waals surface area contributed by atoms with Crippen LogP contribution in [-0.4, -0.2) is 25.5 Å². The summed E-state index contributed by atoms with van der Waals surface area (Å²) in [7, 11) is 0. The van der Waals surface area contributed by atoms with Gasteiger partial charge in [0.15, 0.2) is 17.2 Å². The van der Waals surface area contributed by atoms with E-state index in [9.17, 15) is 15.2 Å². The fraction of sp³-hybridized carbons (Fsp3) is 0. The predicted octanol–water partition coefficient (Wildman–Crippen LogP) is 5.07. The second kappa shape index (κ2) is 8.76. The monoisotopic (exact) mass is 447 g/mol. The van der Waals surface area contributed by atoms with Crippen molar-refractivity contribution in [2.24, 2.45) is 0 Å². The number of carbonyl (C=O) groups is 1. The highest BCUT2D eigenvalue weighted by atomic mass is 16.5. The van der Waals surface area contributed by atoms with Crippen LogP contribution in [0.2, 0.25) is 0 Å². The number of benzene rings is 3. The van der Waals surface area contributed by atoms with Crippen LogP contribution in [0.5, 0.6) is 17.2 Å². The van der Waals surface area contributed by atoms with Gasteiger partial charge in [-0.25, -0.2) is 9.50 Å². The van der Waals surface area contributed by atoms with Gasteiger partial charge in [-0.05, 0) is 48.5 Å². The molecule has 5 aromatic rings. The number of ketones is 1. The van der Waals surface area contributed by atoms with Gasteiger partial charge in [0.2, 0.25) is 0 Å². The van der Waals surface area contributed by atoms with Crippen molar-refractivity contribution in [3.63, 3.8) is 0 Å². The smallest absolute Gasteiger partial charge is 0.199 e. The number of hydrogen-bond acceptors (Lipinski definition) is 7. The number of carbonyl (C=O) groups excluding carboxylic acids is 1. The molecule has 2 N–H and O–H groups in total. The van der Waals surface area contributed by atoms with Gasteiger partial charge in [-0.2, -0.15) is 5.26 Å². The summed E-state index contributed by atoms with van der Waals surface area (Å²) < 4.78 is 7.17. The van der Waals surface area contributed by atoms with Crippen molar-refractivity contribution < 1.29 is 14.6 Å². The van der Waals surface area contributed by atoms with Gasteiger partial charge in [0, 0.05) is 18.1 Å². The normalized spacial score (nSPS) is 10.6. The number of phenolic OH excluding ortho intramolecular Hbond substituents is 1. The van der Waals surface area contributed by atoms with E-state index in [2.05, 4.69) is 21.5 Å². The summed E-state index contributed by atoms with van der Waals surface area (Å²) in [6, 6.07) is 25.1. The highest BCUT2D eigenvalue weighted by Gasteiger charge is 2.18. The summed E-state index contributed by atoms with van der Waals surface area (Å²) in [6.45, 7) is 0. The molecular weight excluding hydrogens is 430 g/mol. The van der Waals surface area contributed by atoms with Crippen LogP contribution in [0.3, 0.4) is 0 Å². The van der Waals surface area contributed by atoms with E-state index in [1.165, 1.54) is 29.0 Å². The zero-order chi connectivity index (χ0) is 23.5. The molecule has 0 aliphatic carbocycles. The molecule has 2 aromatic heterocycles. The zero-order valence-corrected chi connectivity index (χ0v) is 17.7. The summed E-state index contributed by atoms with van der Waals surface area (Å²) in [5, 5.41) is 27.2. The lowest BCUT2D eigenvalue weighted by molar-refractivity contribution is 0.103. The Morgan fingerprint density at radius 1 is 0.971 bits per heavy atom. The van der Waals surface area contributed by atoms with Crippen molar-refractivity contribution in [2.75, 3.05) is 5.32 Å². The van der Waals surface area contributed by atoms with Gasteiger partial charge in [0.25, 0.3) is 0 Å². The first kappa shape index (κ1) is 20.7. The minimum Gasteiger partial charge on any atom is -0.507 e. The topological polar surface area (TPSA) is 113 Å². The maximum absolute atomic E-state index is 12.8. The Bertz CT molecular complexity index is 1540. The Morgan fingerprint density at radius 2 is 1.68 bits per heavy atom. The Morgan fingerprint density at radius 3 is 2.41 bits per heavy atom. The molecule has 0 radical (unpaired) electrons. The van der Waals surface area contributed by atoms with Crippen LogP contribution in [0.25, 0.3) is 5.65 Å². The number of anilines is 2. The molecule has 0 spiro atoms. The van der Waals surface area contributed by atoms with E-state index < -0.39 is 5.78 Å². The molecule has 2 heterocycles. The molecule has 0 saturated carbocycles. The summed E-state index contributed by atoms with van der Waals surface area (Å²) in [4.78, 5) is 17.1. The van der Waals surface area contributed by atoms with E-state index in [1.54, 1.807) is 24.3 Å². The highest BCUT2D eigenvalue weighted by molar-refractivity contribution is 6.10. The standard InChI is InChI=1S/C26H17N5O3/c27-14-22-25(29-18-10-12-20(13-11-18)34-19-6-2-1-3-7-19)30-31-16-17(15-28-26(22)31)24(33)21-8-4-5-9-23(21)32/h1-13,15-16,32H,(H,29,30). The maximum atomic E-state index is 12.8. The van der Waals surface area contributed by atoms with E-state index in [-0.39, 0.29) is 22.4 Å². The Balaban J connectivity index is 1.41. The second-order valence-electron chi connectivity index (χ2n) is 7.36. The van der Waals surface area contributed by atoms with Crippen molar-refractivity contribution in [3.8, 4) is 23.3 Å². The van der Waals surface area contributed by atoms with Gasteiger partial charge in [-0.15, -0.1) is 5.10 Å². The summed E-state index contributed by atoms with van der Waals surface area (Å²) in [5.41, 5.74) is 1.64. The molecule has 0 aliphatic heterocycles. The van der Waals surface area contributed by atoms with Crippen LogP contribution < -0.4 is 10.1 Å². The first-order valence-electron chi connectivity index (χ1n) is 10.3. The number of aromatic hydroxyl groups is 1. The molecule has 0 saturated heterocycles. The molecule has 164 valence electrons. The Kier molecular flexibility index (Phi) is 5.34. The lowest BCUT2D eigenvalue weighted by Gasteiger charge is -2.07. The van der Waals surface area contributed by atoms with Crippen LogP contribution in [0.4, 0.5) is 11.5 Å². The first-order valence-corrected chi connectivity index (χ1v) is 10.3. The maximum Gasteiger partial charge on any atom is 0.199 e. The SMILES string of the molecule is N#Cc1c(Nc2ccc(Oc3ccccc3)cc2)nn2cc(C(=O)c3ccccc3O)cnc12. The van der Waals surface area contributed by atoms with E-state index in [0.29, 0.717) is 22.9 Å². The van der Waals surface area contributed by atoms with Gasteiger partial charge in [0.05, 0.1) is 11.1 Å². The second-order valence-corrected chi connectivity index (χ2v) is 7.36. The summed E-state index contributed by atoms with van der Waals surface area (Å²) >= 11 is 0. The molecule has 3 aromatic carbocycles. The number of hydrogen-bond donors (Lipinski definition) is 2. The van der Waals surface area contributed by atoms with Crippen molar-refractivity contribution in [2.45, 2.75) is 0 Å². The van der Waals surface area contributed by atoms with Crippen LogP contribution in [0.15, 0.2) is 91.3 Å². The molecule has 0 bridgehead atoms. The molecule has 0 atom stereocenters. The van der Waals surface area contributed by atoms with Crippen molar-refractivity contribution >= 4 is 22.9 Å². The van der Waals surface area contributed by atoms with Crippen LogP contribution in [0, 0.1) is 11.3 Å². The van der Waals surface area contributed by atoms with Gasteiger partial charge < -0.3 is 15.2 Å². The number of nitrogens with one attached hydrogen (secondary N) is 1. The third-order valence-corrected chi connectivity index (χ3v) is 5.09. The lowest BCUT2D eigenvalue weighted by Crippen LogP contribution is -2.05. The molecule has 8 nitrogen and oxygen atoms in total. The third-order valence-electron chi connectivity index (χ3n) is 5.09. The van der Waals surface area contributed by atoms with E-state index in [1.807, 2.05) is 42.5 Å². The molecule has 0 unspecified atom stereocenters. The minimum absolute atomic E-state index is 0.118. The van der Waals surface area contributed by atoms with E-state index in [4.69, 9.17) is 4.74 Å². The number of rotatable bonds is 6. The number of nitriles is 1. The molecule has 0 amide bonds. The average Bonchev–Trinajstić information content (AvgIpc) is 3.22. The number of para-hydroxylation sites is 2. The van der Waals surface area contributed by atoms with Crippen LogP contribution in [-0.2, 0) is 0 Å². The van der Waals surface area contributed by atoms with Gasteiger partial charge in [0.1, 0.15) is 28.9 Å². The van der Waals surface area contributed by atoms with Crippen molar-refractivity contribution in [3.05, 3.63) is 108 Å². The molecule has 34 heavy (non-hydrogen) atoms. The van der Waals surface area contributed by atoms with Crippen LogP contribution >= 0.6 is 0 Å². The fourth-order valence-electron chi connectivity index (χ4n) is 3.43. The lowest BCUT2D eigenvalue weighted by atomic mass is 10.1. The van der Waals surface area contributed by atoms with Crippen molar-refractivity contribution in [1.82, 2.24) is 14.6 Å². The largest absolute Gasteiger partial charge is 0.507 e. The first-order chi connectivity index (χ1) is 16.6. The van der Waals surface area contributed by atoms with Gasteiger partial charge in [-0.3, -0.25) is 4.79 Å². The molecule has 5 rings (SSSR count). The number of aromatic nitrogens is 3. The molecule has 0 aliphatic rings. The van der Waals surface area contributed by atoms with Gasteiger partial charge in [-0.1, -0.05) is 30.3 Å². The average molecular weight is 447 g/mol. The third kappa shape index (κ3) is 4.01. The molecule has 8 heteroatoms. The zero-order valence-electron chi connectivity index (χ0n) is 17.7. The van der Waals surface area contributed by atoms with E-state index >= 15 is 0 Å². The number of phenols is 1. The number of ether oxygens (including phenoxy) is 1. The van der Waals surface area contributed by atoms with Crippen molar-refractivity contribution in [1.29, 1.82) is 5.26 Å². The van der Waals surface area contributed by atoms with E-state index in [0.717, 1.165) is 5.75 Å². The Hall–Kier alpha value is -5.16. The predicted molar refractivity (Wildman–Crippen MR) is 125 cm³/mol. The number of fused-ring (bicyclic) bond motifs is 1. The molecule has 0 fully saturated rings.